The van der Waals surface area contributed by atoms with E-state index in [0.717, 1.165) is 15.3 Å². The topological polar surface area (TPSA) is 78.8 Å². The second-order valence-corrected chi connectivity index (χ2v) is 12.3. The summed E-state index contributed by atoms with van der Waals surface area (Å²) in [5, 5.41) is 14.9. The average Bonchev–Trinajstić information content (AvgIpc) is 2.55. The molecule has 23 heavy (non-hydrogen) atoms. The predicted molar refractivity (Wildman–Crippen MR) is 118 cm³/mol. The molecule has 1 unspecified atom stereocenters. The maximum atomic E-state index is 11.3. The molecule has 12 heteroatoms. The van der Waals surface area contributed by atoms with E-state index in [2.05, 4.69) is 10.3 Å². The molecule has 1 amide bonds. The van der Waals surface area contributed by atoms with Gasteiger partial charge in [-0.2, -0.15) is 0 Å². The Morgan fingerprint density at radius 3 is 2.52 bits per heavy atom. The van der Waals surface area contributed by atoms with Crippen LogP contribution in [0, 0.1) is 0 Å². The van der Waals surface area contributed by atoms with Gasteiger partial charge in [0.05, 0.1) is 39.1 Å². The molecule has 0 bridgehead atoms. The van der Waals surface area contributed by atoms with Crippen LogP contribution in [0.4, 0.5) is 4.79 Å². The Bertz CT molecular complexity index is 348. The van der Waals surface area contributed by atoms with E-state index < -0.39 is 10.8 Å². The molecule has 0 rings (SSSR count). The van der Waals surface area contributed by atoms with E-state index in [1.165, 1.54) is 29.1 Å². The fourth-order valence-corrected chi connectivity index (χ4v) is 6.90. The van der Waals surface area contributed by atoms with Crippen molar-refractivity contribution in [3.63, 3.8) is 0 Å². The number of aliphatic hydroxyl groups excluding tert-OH is 1. The Hall–Kier alpha value is 1.35. The number of hydrogen-bond acceptors (Lipinski definition) is 10. The molecule has 0 saturated carbocycles. The molecule has 0 aliphatic carbocycles. The smallest absolute Gasteiger partial charge is 0.280 e. The second kappa shape index (κ2) is 19.7. The molecule has 1 atom stereocenters. The van der Waals surface area contributed by atoms with Crippen LogP contribution in [-0.2, 0) is 10.8 Å². The summed E-state index contributed by atoms with van der Waals surface area (Å²) in [6, 6.07) is 0. The van der Waals surface area contributed by atoms with Crippen molar-refractivity contribution < 1.29 is 14.1 Å². The first-order valence-corrected chi connectivity index (χ1v) is 14.6. The molecular weight excluding hydrogens is 433 g/mol. The zero-order valence-corrected chi connectivity index (χ0v) is 18.5. The van der Waals surface area contributed by atoms with Crippen LogP contribution in [0.15, 0.2) is 4.99 Å². The molecule has 0 spiro atoms. The van der Waals surface area contributed by atoms with Gasteiger partial charge in [-0.3, -0.25) is 14.0 Å². The summed E-state index contributed by atoms with van der Waals surface area (Å²) in [6.45, 7) is 1.88. The summed E-state index contributed by atoms with van der Waals surface area (Å²) >= 11 is 9.57. The van der Waals surface area contributed by atoms with Crippen molar-refractivity contribution in [2.45, 2.75) is 6.92 Å². The largest absolute Gasteiger partial charge is 0.386 e. The lowest BCUT2D eigenvalue weighted by molar-refractivity contribution is 0.262. The number of amides is 1. The first kappa shape index (κ1) is 24.4. The molecular formula is C11H22N2O3S7. The molecule has 0 aliphatic heterocycles. The van der Waals surface area contributed by atoms with E-state index >= 15 is 0 Å². The summed E-state index contributed by atoms with van der Waals surface area (Å²) in [6.07, 6.45) is 0. The van der Waals surface area contributed by atoms with Crippen molar-refractivity contribution in [3.8, 4) is 0 Å². The minimum Gasteiger partial charge on any atom is -0.386 e. The van der Waals surface area contributed by atoms with E-state index in [1.54, 1.807) is 23.5 Å². The van der Waals surface area contributed by atoms with Crippen molar-refractivity contribution in [3.05, 3.63) is 0 Å². The number of hydrogen-bond donors (Lipinski definition) is 2. The Morgan fingerprint density at radius 1 is 1.13 bits per heavy atom. The van der Waals surface area contributed by atoms with Crippen molar-refractivity contribution >= 4 is 92.2 Å². The van der Waals surface area contributed by atoms with Crippen molar-refractivity contribution in [2.24, 2.45) is 4.99 Å². The fraction of sp³-hybridized carbons (Fsp3) is 0.818. The van der Waals surface area contributed by atoms with Crippen LogP contribution in [-0.4, -0.2) is 63.9 Å². The highest BCUT2D eigenvalue weighted by Crippen LogP contribution is 2.20. The van der Waals surface area contributed by atoms with E-state index in [0.29, 0.717) is 22.6 Å². The zero-order chi connectivity index (χ0) is 17.2. The predicted octanol–water partition coefficient (Wildman–Crippen LogP) is 3.59. The van der Waals surface area contributed by atoms with Crippen LogP contribution in [0.2, 0.25) is 0 Å². The second-order valence-electron chi connectivity index (χ2n) is 3.46. The van der Waals surface area contributed by atoms with Crippen LogP contribution < -0.4 is 5.32 Å². The van der Waals surface area contributed by atoms with Gasteiger partial charge in [-0.25, -0.2) is 0 Å². The average molecular weight is 455 g/mol. The standard InChI is InChI=1S/C11H22N2O3S7/c1-2-23(16)5-12-3-17-7-20-9-21-8-18-4-13-11(15)22-10-19-6-14/h5,14H,2-4,6-10H2,1H3,(H,13,15)/b12-5+. The Morgan fingerprint density at radius 2 is 1.83 bits per heavy atom. The fourth-order valence-electron chi connectivity index (χ4n) is 0.858. The minimum absolute atomic E-state index is 0.0428. The molecule has 0 radical (unpaired) electrons. The molecule has 2 N–H and O–H groups in total. The van der Waals surface area contributed by atoms with Gasteiger partial charge >= 0.3 is 0 Å². The van der Waals surface area contributed by atoms with Gasteiger partial charge in [-0.05, 0) is 0 Å². The molecule has 0 heterocycles. The molecule has 0 aliphatic rings. The Kier molecular flexibility index (Phi) is 20.8. The first-order valence-electron chi connectivity index (χ1n) is 6.48. The lowest BCUT2D eigenvalue weighted by Gasteiger charge is -2.04. The molecule has 0 fully saturated rings. The van der Waals surface area contributed by atoms with Crippen molar-refractivity contribution in [2.75, 3.05) is 43.8 Å². The summed E-state index contributed by atoms with van der Waals surface area (Å²) in [5.74, 6) is 1.95. The maximum Gasteiger partial charge on any atom is 0.280 e. The number of aliphatic imine (C=N–C) groups is 1. The minimum atomic E-state index is -0.909. The lowest BCUT2D eigenvalue weighted by atomic mass is 11.0. The van der Waals surface area contributed by atoms with Gasteiger partial charge in [0.25, 0.3) is 5.24 Å². The first-order chi connectivity index (χ1) is 11.2. The van der Waals surface area contributed by atoms with Gasteiger partial charge in [0, 0.05) is 21.0 Å². The highest BCUT2D eigenvalue weighted by atomic mass is 32.2. The quantitative estimate of drug-likeness (QED) is 0.167. The molecule has 136 valence electrons. The normalized spacial score (nSPS) is 12.6. The Balaban J connectivity index is 3.20. The van der Waals surface area contributed by atoms with Gasteiger partial charge in [-0.15, -0.1) is 58.8 Å². The number of nitrogens with one attached hydrogen (secondary N) is 1. The number of thioether (sulfide) groups is 6. The van der Waals surface area contributed by atoms with Gasteiger partial charge < -0.3 is 10.4 Å². The van der Waals surface area contributed by atoms with Gasteiger partial charge in [-0.1, -0.05) is 18.7 Å². The van der Waals surface area contributed by atoms with Crippen LogP contribution in [0.25, 0.3) is 0 Å². The van der Waals surface area contributed by atoms with Crippen molar-refractivity contribution in [1.82, 2.24) is 5.32 Å². The third-order valence-corrected chi connectivity index (χ3v) is 9.19. The number of carbonyl (C=O) groups excluding carboxylic acids is 1. The molecule has 0 aromatic carbocycles. The number of rotatable bonds is 15. The maximum absolute atomic E-state index is 11.3. The molecule has 0 aromatic rings. The molecule has 0 saturated heterocycles. The van der Waals surface area contributed by atoms with Crippen molar-refractivity contribution in [1.29, 1.82) is 0 Å². The highest BCUT2D eigenvalue weighted by Gasteiger charge is 2.00. The summed E-state index contributed by atoms with van der Waals surface area (Å²) < 4.78 is 11.1. The number of carbonyl (C=O) groups is 1. The van der Waals surface area contributed by atoms with Crippen LogP contribution in [0.1, 0.15) is 6.92 Å². The Labute approximate surface area is 166 Å². The third-order valence-electron chi connectivity index (χ3n) is 1.83. The van der Waals surface area contributed by atoms with E-state index in [-0.39, 0.29) is 11.2 Å². The zero-order valence-electron chi connectivity index (χ0n) is 12.8. The third kappa shape index (κ3) is 19.5. The summed E-state index contributed by atoms with van der Waals surface area (Å²) in [5.41, 5.74) is 1.53. The van der Waals surface area contributed by atoms with Gasteiger partial charge in [0.15, 0.2) is 0 Å². The monoisotopic (exact) mass is 454 g/mol. The van der Waals surface area contributed by atoms with Crippen LogP contribution in [0.3, 0.4) is 0 Å². The van der Waals surface area contributed by atoms with Gasteiger partial charge in [0.1, 0.15) is 0 Å². The van der Waals surface area contributed by atoms with E-state index in [4.69, 9.17) is 5.11 Å². The number of aliphatic hydroxyl groups is 1. The van der Waals surface area contributed by atoms with Crippen LogP contribution in [0.5, 0.6) is 0 Å². The molecule has 5 nitrogen and oxygen atoms in total. The SMILES string of the molecule is CCS(=O)/C=N/CSCSCSCSCNC(=O)SCSCO. The van der Waals surface area contributed by atoms with Gasteiger partial charge in [0.2, 0.25) is 0 Å². The van der Waals surface area contributed by atoms with E-state index in [9.17, 15) is 9.00 Å². The highest BCUT2D eigenvalue weighted by molar-refractivity contribution is 8.26. The molecule has 0 aromatic heterocycles. The number of nitrogens with zero attached hydrogens (tertiary/aromatic N) is 1. The summed E-state index contributed by atoms with van der Waals surface area (Å²) in [4.78, 5) is 15.4. The summed E-state index contributed by atoms with van der Waals surface area (Å²) in [7, 11) is -0.909. The van der Waals surface area contributed by atoms with Crippen LogP contribution >= 0.6 is 70.6 Å². The van der Waals surface area contributed by atoms with E-state index in [1.807, 2.05) is 30.4 Å². The lowest BCUT2D eigenvalue weighted by Crippen LogP contribution is -2.17.